The molecule has 0 bridgehead atoms. The van der Waals surface area contributed by atoms with E-state index in [0.717, 1.165) is 17.7 Å². The zero-order chi connectivity index (χ0) is 12.3. The Morgan fingerprint density at radius 3 is 3.06 bits per heavy atom. The number of ether oxygens (including phenoxy) is 1. The Hall–Kier alpha value is -1.75. The molecule has 0 radical (unpaired) electrons. The predicted octanol–water partition coefficient (Wildman–Crippen LogP) is 1.49. The van der Waals surface area contributed by atoms with Crippen LogP contribution >= 0.6 is 0 Å². The van der Waals surface area contributed by atoms with Gasteiger partial charge in [0.1, 0.15) is 0 Å². The van der Waals surface area contributed by atoms with Crippen LogP contribution in [0.15, 0.2) is 18.2 Å². The van der Waals surface area contributed by atoms with Gasteiger partial charge in [0.05, 0.1) is 12.6 Å². The van der Waals surface area contributed by atoms with Crippen LogP contribution in [0, 0.1) is 6.92 Å². The van der Waals surface area contributed by atoms with Gasteiger partial charge in [-0.15, -0.1) is 0 Å². The summed E-state index contributed by atoms with van der Waals surface area (Å²) in [6.07, 6.45) is 0.864. The summed E-state index contributed by atoms with van der Waals surface area (Å²) in [5.41, 5.74) is 8.06. The molecule has 5 heteroatoms. The molecule has 1 aromatic rings. The fourth-order valence-corrected chi connectivity index (χ4v) is 1.78. The van der Waals surface area contributed by atoms with Gasteiger partial charge in [-0.25, -0.2) is 4.79 Å². The van der Waals surface area contributed by atoms with Gasteiger partial charge in [-0.1, -0.05) is 6.07 Å². The van der Waals surface area contributed by atoms with Gasteiger partial charge in [0.25, 0.3) is 0 Å². The van der Waals surface area contributed by atoms with Crippen molar-refractivity contribution in [2.45, 2.75) is 19.4 Å². The highest BCUT2D eigenvalue weighted by molar-refractivity contribution is 5.91. The molecule has 1 fully saturated rings. The number of anilines is 2. The third-order valence-corrected chi connectivity index (χ3v) is 2.89. The van der Waals surface area contributed by atoms with E-state index in [1.54, 1.807) is 0 Å². The number of benzene rings is 1. The summed E-state index contributed by atoms with van der Waals surface area (Å²) in [5, 5.41) is 5.65. The minimum absolute atomic E-state index is 0.108. The first-order valence-corrected chi connectivity index (χ1v) is 5.67. The molecule has 1 heterocycles. The SMILES string of the molecule is Cc1c(N)cccc1NC(=O)NC1CCOC1. The Bertz CT molecular complexity index is 414. The molecule has 17 heavy (non-hydrogen) atoms. The van der Waals surface area contributed by atoms with Crippen molar-refractivity contribution in [1.29, 1.82) is 0 Å². The van der Waals surface area contributed by atoms with Gasteiger partial charge in [0, 0.05) is 18.0 Å². The molecule has 0 saturated carbocycles. The van der Waals surface area contributed by atoms with E-state index in [1.807, 2.05) is 25.1 Å². The Balaban J connectivity index is 1.95. The highest BCUT2D eigenvalue weighted by atomic mass is 16.5. The van der Waals surface area contributed by atoms with Crippen LogP contribution in [-0.2, 0) is 4.74 Å². The van der Waals surface area contributed by atoms with Crippen molar-refractivity contribution in [2.75, 3.05) is 24.3 Å². The summed E-state index contributed by atoms with van der Waals surface area (Å²) in [6.45, 7) is 3.18. The molecule has 1 atom stereocenters. The Morgan fingerprint density at radius 2 is 2.35 bits per heavy atom. The lowest BCUT2D eigenvalue weighted by Crippen LogP contribution is -2.38. The quantitative estimate of drug-likeness (QED) is 0.680. The molecule has 1 aromatic carbocycles. The molecule has 1 aliphatic rings. The molecule has 1 saturated heterocycles. The summed E-state index contributed by atoms with van der Waals surface area (Å²) >= 11 is 0. The first-order chi connectivity index (χ1) is 8.16. The highest BCUT2D eigenvalue weighted by Crippen LogP contribution is 2.20. The minimum atomic E-state index is -0.214. The fraction of sp³-hybridized carbons (Fsp3) is 0.417. The molecule has 2 amide bonds. The number of nitrogens with two attached hydrogens (primary N) is 1. The molecule has 92 valence electrons. The normalized spacial score (nSPS) is 19.0. The van der Waals surface area contributed by atoms with Crippen molar-refractivity contribution >= 4 is 17.4 Å². The molecule has 1 unspecified atom stereocenters. The van der Waals surface area contributed by atoms with Gasteiger partial charge in [-0.2, -0.15) is 0 Å². The van der Waals surface area contributed by atoms with Crippen LogP contribution in [0.2, 0.25) is 0 Å². The molecule has 0 aliphatic carbocycles. The average molecular weight is 235 g/mol. The lowest BCUT2D eigenvalue weighted by atomic mass is 10.1. The number of urea groups is 1. The first kappa shape index (κ1) is 11.7. The van der Waals surface area contributed by atoms with E-state index >= 15 is 0 Å². The van der Waals surface area contributed by atoms with Gasteiger partial charge >= 0.3 is 6.03 Å². The third-order valence-electron chi connectivity index (χ3n) is 2.89. The highest BCUT2D eigenvalue weighted by Gasteiger charge is 2.17. The number of nitrogen functional groups attached to an aromatic ring is 1. The van der Waals surface area contributed by atoms with Crippen LogP contribution in [0.3, 0.4) is 0 Å². The van der Waals surface area contributed by atoms with Gasteiger partial charge in [-0.3, -0.25) is 0 Å². The second-order valence-electron chi connectivity index (χ2n) is 4.18. The minimum Gasteiger partial charge on any atom is -0.398 e. The average Bonchev–Trinajstić information content (AvgIpc) is 2.77. The second-order valence-corrected chi connectivity index (χ2v) is 4.18. The summed E-state index contributed by atoms with van der Waals surface area (Å²) in [5.74, 6) is 0. The maximum absolute atomic E-state index is 11.7. The number of amides is 2. The first-order valence-electron chi connectivity index (χ1n) is 5.67. The van der Waals surface area contributed by atoms with E-state index in [9.17, 15) is 4.79 Å². The second kappa shape index (κ2) is 5.05. The molecule has 0 aromatic heterocycles. The van der Waals surface area contributed by atoms with Crippen molar-refractivity contribution in [1.82, 2.24) is 5.32 Å². The Kier molecular flexibility index (Phi) is 3.49. The van der Waals surface area contributed by atoms with Gasteiger partial charge in [0.15, 0.2) is 0 Å². The number of carbonyl (C=O) groups excluding carboxylic acids is 1. The fourth-order valence-electron chi connectivity index (χ4n) is 1.78. The zero-order valence-electron chi connectivity index (χ0n) is 9.82. The van der Waals surface area contributed by atoms with Crippen LogP contribution in [0.25, 0.3) is 0 Å². The largest absolute Gasteiger partial charge is 0.398 e. The number of hydrogen-bond acceptors (Lipinski definition) is 3. The lowest BCUT2D eigenvalue weighted by molar-refractivity contribution is 0.189. The Morgan fingerprint density at radius 1 is 1.53 bits per heavy atom. The molecular weight excluding hydrogens is 218 g/mol. The number of nitrogens with one attached hydrogen (secondary N) is 2. The van der Waals surface area contributed by atoms with Crippen LogP contribution in [-0.4, -0.2) is 25.3 Å². The number of hydrogen-bond donors (Lipinski definition) is 3. The summed E-state index contributed by atoms with van der Waals surface area (Å²) in [7, 11) is 0. The molecule has 4 N–H and O–H groups in total. The van der Waals surface area contributed by atoms with Crippen LogP contribution in [0.5, 0.6) is 0 Å². The summed E-state index contributed by atoms with van der Waals surface area (Å²) < 4.78 is 5.19. The monoisotopic (exact) mass is 235 g/mol. The smallest absolute Gasteiger partial charge is 0.319 e. The van der Waals surface area contributed by atoms with Crippen LogP contribution in [0.4, 0.5) is 16.2 Å². The van der Waals surface area contributed by atoms with Gasteiger partial charge < -0.3 is 21.1 Å². The maximum Gasteiger partial charge on any atom is 0.319 e. The standard InChI is InChI=1S/C12H17N3O2/c1-8-10(13)3-2-4-11(8)15-12(16)14-9-5-6-17-7-9/h2-4,9H,5-7,13H2,1H3,(H2,14,15,16). The van der Waals surface area contributed by atoms with E-state index in [2.05, 4.69) is 10.6 Å². The maximum atomic E-state index is 11.7. The third kappa shape index (κ3) is 2.88. The Labute approximate surface area is 100 Å². The van der Waals surface area contributed by atoms with Crippen molar-refractivity contribution in [2.24, 2.45) is 0 Å². The predicted molar refractivity (Wildman–Crippen MR) is 67.0 cm³/mol. The summed E-state index contributed by atoms with van der Waals surface area (Å²) in [6, 6.07) is 5.35. The van der Waals surface area contributed by atoms with Crippen LogP contribution < -0.4 is 16.4 Å². The topological polar surface area (TPSA) is 76.4 Å². The van der Waals surface area contributed by atoms with Crippen LogP contribution in [0.1, 0.15) is 12.0 Å². The molecule has 1 aliphatic heterocycles. The molecular formula is C12H17N3O2. The van der Waals surface area contributed by atoms with Crippen molar-refractivity contribution in [3.05, 3.63) is 23.8 Å². The van der Waals surface area contributed by atoms with Crippen molar-refractivity contribution < 1.29 is 9.53 Å². The van der Waals surface area contributed by atoms with E-state index in [1.165, 1.54) is 0 Å². The summed E-state index contributed by atoms with van der Waals surface area (Å²) in [4.78, 5) is 11.7. The van der Waals surface area contributed by atoms with E-state index in [0.29, 0.717) is 18.9 Å². The van der Waals surface area contributed by atoms with Crippen molar-refractivity contribution in [3.63, 3.8) is 0 Å². The number of carbonyl (C=O) groups is 1. The van der Waals surface area contributed by atoms with Gasteiger partial charge in [0.2, 0.25) is 0 Å². The number of rotatable bonds is 2. The molecule has 5 nitrogen and oxygen atoms in total. The zero-order valence-corrected chi connectivity index (χ0v) is 9.82. The molecule has 2 rings (SSSR count). The van der Waals surface area contributed by atoms with E-state index in [-0.39, 0.29) is 12.1 Å². The van der Waals surface area contributed by atoms with E-state index in [4.69, 9.17) is 10.5 Å². The lowest BCUT2D eigenvalue weighted by Gasteiger charge is -2.14. The van der Waals surface area contributed by atoms with E-state index < -0.39 is 0 Å². The van der Waals surface area contributed by atoms with Crippen molar-refractivity contribution in [3.8, 4) is 0 Å². The van der Waals surface area contributed by atoms with Gasteiger partial charge in [-0.05, 0) is 31.0 Å². The molecule has 0 spiro atoms.